The summed E-state index contributed by atoms with van der Waals surface area (Å²) in [5, 5.41) is 20.0. The second-order valence-corrected chi connectivity index (χ2v) is 10.6. The molecule has 2 bridgehead atoms. The van der Waals surface area contributed by atoms with Crippen molar-refractivity contribution in [1.29, 1.82) is 5.41 Å². The van der Waals surface area contributed by atoms with Gasteiger partial charge in [-0.2, -0.15) is 26.3 Å². The van der Waals surface area contributed by atoms with E-state index >= 15 is 0 Å². The van der Waals surface area contributed by atoms with Crippen molar-refractivity contribution < 1.29 is 45.5 Å². The number of alkyl halides is 6. The molecule has 2 aromatic heterocycles. The van der Waals surface area contributed by atoms with Crippen molar-refractivity contribution in [2.45, 2.75) is 31.4 Å². The first kappa shape index (κ1) is 33.6. The number of nitrogens with zero attached hydrogens (tertiary/aromatic N) is 4. The molecule has 6 N–H and O–H groups in total. The number of carboxylic acids is 1. The number of nitrogens with one attached hydrogen (secondary N) is 3. The van der Waals surface area contributed by atoms with Crippen LogP contribution in [-0.4, -0.2) is 58.3 Å². The Bertz CT molecular complexity index is 1840. The molecule has 18 heteroatoms. The van der Waals surface area contributed by atoms with Crippen LogP contribution >= 0.6 is 0 Å². The number of benzene rings is 2. The average Bonchev–Trinajstić information content (AvgIpc) is 3.68. The average molecular weight is 677 g/mol. The Balaban J connectivity index is 0.000000582. The fourth-order valence-electron chi connectivity index (χ4n) is 5.12. The Hall–Kier alpha value is -5.81. The molecule has 4 aromatic rings. The van der Waals surface area contributed by atoms with E-state index in [-0.39, 0.29) is 18.5 Å². The van der Waals surface area contributed by atoms with Gasteiger partial charge in [-0.15, -0.1) is 0 Å². The Kier molecular flexibility index (Phi) is 9.18. The van der Waals surface area contributed by atoms with Gasteiger partial charge in [0.2, 0.25) is 5.89 Å². The lowest BCUT2D eigenvalue weighted by Crippen LogP contribution is -2.48. The normalized spacial score (nSPS) is 15.2. The lowest BCUT2D eigenvalue weighted by Gasteiger charge is -2.36. The van der Waals surface area contributed by atoms with Gasteiger partial charge in [-0.3, -0.25) is 10.3 Å². The molecule has 0 aliphatic carbocycles. The van der Waals surface area contributed by atoms with Crippen LogP contribution < -0.4 is 26.2 Å². The van der Waals surface area contributed by atoms with Crippen LogP contribution in [0.3, 0.4) is 0 Å². The first-order valence-electron chi connectivity index (χ1n) is 14.1. The van der Waals surface area contributed by atoms with Crippen molar-refractivity contribution in [3.8, 4) is 22.6 Å². The fourth-order valence-corrected chi connectivity index (χ4v) is 5.12. The van der Waals surface area contributed by atoms with Crippen LogP contribution in [-0.2, 0) is 17.5 Å². The summed E-state index contributed by atoms with van der Waals surface area (Å²) < 4.78 is 77.5. The number of oxazole rings is 1. The van der Waals surface area contributed by atoms with Gasteiger partial charge in [-0.25, -0.2) is 19.6 Å². The van der Waals surface area contributed by atoms with Gasteiger partial charge in [-0.1, -0.05) is 24.3 Å². The molecule has 2 amide bonds. The van der Waals surface area contributed by atoms with Gasteiger partial charge in [0.1, 0.15) is 0 Å². The van der Waals surface area contributed by atoms with Crippen LogP contribution in [0.25, 0.3) is 22.6 Å². The summed E-state index contributed by atoms with van der Waals surface area (Å²) in [6, 6.07) is 15.0. The van der Waals surface area contributed by atoms with E-state index in [4.69, 9.17) is 30.4 Å². The third-order valence-corrected chi connectivity index (χ3v) is 7.28. The third-order valence-electron chi connectivity index (χ3n) is 7.28. The monoisotopic (exact) mass is 676 g/mol. The van der Waals surface area contributed by atoms with Crippen molar-refractivity contribution in [2.24, 2.45) is 5.73 Å². The standard InChI is InChI=1S/C28H25F3N8O2.C2HF3O2/c29-28(30,31)18-5-1-3-16(11-18)21-7-8-22-25(37-21)39(20-9-10-38(22)15-20)27(40)36-19-6-2-4-17(12-19)23-13-34-24(41-23)14-35-26(32)33;3-2(4,5)1(6)7/h1-8,11-13,20H,9-10,14-15H2,(H,36,40)(H4,32,33,35);(H,6,7)/t20-;/m0./s1. The van der Waals surface area contributed by atoms with Gasteiger partial charge >= 0.3 is 24.4 Å². The number of aromatic nitrogens is 2. The highest BCUT2D eigenvalue weighted by Crippen LogP contribution is 2.41. The summed E-state index contributed by atoms with van der Waals surface area (Å²) in [5.74, 6) is -1.73. The summed E-state index contributed by atoms with van der Waals surface area (Å²) >= 11 is 0. The molecule has 1 fully saturated rings. The number of amides is 2. The highest BCUT2D eigenvalue weighted by atomic mass is 19.4. The van der Waals surface area contributed by atoms with E-state index in [2.05, 4.69) is 20.5 Å². The van der Waals surface area contributed by atoms with Crippen LogP contribution in [0.4, 0.5) is 48.3 Å². The first-order chi connectivity index (χ1) is 22.6. The number of aliphatic carboxylic acids is 1. The molecular formula is C30H26F6N8O4. The summed E-state index contributed by atoms with van der Waals surface area (Å²) in [6.45, 7) is 1.54. The van der Waals surface area contributed by atoms with E-state index in [1.54, 1.807) is 41.4 Å². The van der Waals surface area contributed by atoms with Gasteiger partial charge in [0.05, 0.1) is 35.7 Å². The smallest absolute Gasteiger partial charge is 0.475 e. The number of anilines is 3. The van der Waals surface area contributed by atoms with Crippen molar-refractivity contribution in [3.05, 3.63) is 78.3 Å². The summed E-state index contributed by atoms with van der Waals surface area (Å²) in [4.78, 5) is 35.2. The number of carboxylic acid groups (broad SMARTS) is 1. The van der Waals surface area contributed by atoms with Crippen molar-refractivity contribution >= 4 is 35.2 Å². The fraction of sp³-hybridized carbons (Fsp3) is 0.233. The molecule has 12 nitrogen and oxygen atoms in total. The van der Waals surface area contributed by atoms with E-state index in [0.29, 0.717) is 46.5 Å². The maximum atomic E-state index is 13.7. The van der Waals surface area contributed by atoms with Crippen LogP contribution in [0.15, 0.2) is 71.3 Å². The maximum absolute atomic E-state index is 13.7. The SMILES string of the molecule is N=C(N)NCc1ncc(-c2cccc(NC(=O)N3c4nc(-c5cccc(C(F)(F)F)c5)ccc4N4CC[C@H]3C4)c2)o1.O=C(O)C(F)(F)F. The molecule has 252 valence electrons. The number of pyridine rings is 1. The molecule has 2 aromatic carbocycles. The number of fused-ring (bicyclic) bond motifs is 4. The molecule has 48 heavy (non-hydrogen) atoms. The van der Waals surface area contributed by atoms with Crippen molar-refractivity contribution in [3.63, 3.8) is 0 Å². The van der Waals surface area contributed by atoms with Crippen molar-refractivity contribution in [1.82, 2.24) is 15.3 Å². The number of hydrogen-bond donors (Lipinski definition) is 5. The summed E-state index contributed by atoms with van der Waals surface area (Å²) in [6.07, 6.45) is -7.28. The Morgan fingerprint density at radius 1 is 1.04 bits per heavy atom. The van der Waals surface area contributed by atoms with Gasteiger partial charge in [0, 0.05) is 29.9 Å². The largest absolute Gasteiger partial charge is 0.490 e. The Labute approximate surface area is 267 Å². The maximum Gasteiger partial charge on any atom is 0.490 e. The van der Waals surface area contributed by atoms with E-state index in [1.165, 1.54) is 6.07 Å². The minimum atomic E-state index is -5.08. The lowest BCUT2D eigenvalue weighted by atomic mass is 10.1. The molecule has 0 spiro atoms. The minimum Gasteiger partial charge on any atom is -0.475 e. The highest BCUT2D eigenvalue weighted by Gasteiger charge is 2.41. The molecule has 0 unspecified atom stereocenters. The Morgan fingerprint density at radius 2 is 1.75 bits per heavy atom. The van der Waals surface area contributed by atoms with Crippen LogP contribution in [0.1, 0.15) is 17.9 Å². The molecule has 1 saturated heterocycles. The van der Waals surface area contributed by atoms with E-state index in [0.717, 1.165) is 30.8 Å². The Morgan fingerprint density at radius 3 is 2.44 bits per heavy atom. The predicted molar refractivity (Wildman–Crippen MR) is 161 cm³/mol. The summed E-state index contributed by atoms with van der Waals surface area (Å²) in [7, 11) is 0. The number of carbonyl (C=O) groups excluding carboxylic acids is 1. The van der Waals surface area contributed by atoms with Gasteiger partial charge in [0.25, 0.3) is 0 Å². The molecule has 0 saturated carbocycles. The summed E-state index contributed by atoms with van der Waals surface area (Å²) in [5.41, 5.74) is 7.16. The number of halogens is 6. The molecular weight excluding hydrogens is 650 g/mol. The molecule has 2 aliphatic rings. The molecule has 4 heterocycles. The van der Waals surface area contributed by atoms with Crippen LogP contribution in [0.5, 0.6) is 0 Å². The van der Waals surface area contributed by atoms with Gasteiger partial charge in [0.15, 0.2) is 17.5 Å². The molecule has 6 rings (SSSR count). The number of nitrogens with two attached hydrogens (primary N) is 1. The lowest BCUT2D eigenvalue weighted by molar-refractivity contribution is -0.192. The van der Waals surface area contributed by atoms with Crippen LogP contribution in [0, 0.1) is 5.41 Å². The van der Waals surface area contributed by atoms with Gasteiger partial charge < -0.3 is 30.8 Å². The highest BCUT2D eigenvalue weighted by molar-refractivity contribution is 6.05. The minimum absolute atomic E-state index is 0.138. The molecule has 0 radical (unpaired) electrons. The number of carbonyl (C=O) groups is 2. The van der Waals surface area contributed by atoms with Gasteiger partial charge in [-0.05, 0) is 42.8 Å². The first-order valence-corrected chi connectivity index (χ1v) is 14.1. The quantitative estimate of drug-likeness (QED) is 0.101. The third kappa shape index (κ3) is 7.59. The predicted octanol–water partition coefficient (Wildman–Crippen LogP) is 5.67. The van der Waals surface area contributed by atoms with Crippen LogP contribution in [0.2, 0.25) is 0 Å². The number of hydrogen-bond acceptors (Lipinski definition) is 7. The van der Waals surface area contributed by atoms with E-state index in [1.807, 2.05) is 12.1 Å². The number of rotatable bonds is 5. The zero-order chi connectivity index (χ0) is 34.8. The van der Waals surface area contributed by atoms with Crippen molar-refractivity contribution in [2.75, 3.05) is 28.2 Å². The zero-order valence-electron chi connectivity index (χ0n) is 24.6. The number of urea groups is 1. The number of guanidine groups is 1. The topological polar surface area (TPSA) is 174 Å². The second kappa shape index (κ2) is 13.1. The van der Waals surface area contributed by atoms with E-state index in [9.17, 15) is 31.1 Å². The molecule has 2 aliphatic heterocycles. The zero-order valence-corrected chi connectivity index (χ0v) is 24.6. The second-order valence-electron chi connectivity index (χ2n) is 10.6. The van der Waals surface area contributed by atoms with E-state index < -0.39 is 29.9 Å². The molecule has 1 atom stereocenters.